The molecule has 1 heterocycles. The monoisotopic (exact) mass is 248 g/mol. The van der Waals surface area contributed by atoms with Gasteiger partial charge in [0, 0.05) is 18.3 Å². The number of pyridine rings is 1. The fraction of sp³-hybridized carbons (Fsp3) is 0.154. The van der Waals surface area contributed by atoms with Crippen LogP contribution in [0.5, 0.6) is 0 Å². The Labute approximate surface area is 104 Å². The van der Waals surface area contributed by atoms with Crippen molar-refractivity contribution in [3.8, 4) is 5.69 Å². The van der Waals surface area contributed by atoms with Crippen molar-refractivity contribution in [1.82, 2.24) is 4.57 Å². The first-order valence-corrected chi connectivity index (χ1v) is 5.68. The highest BCUT2D eigenvalue weighted by atomic mass is 35.5. The largest absolute Gasteiger partial charge is 0.326 e. The SMILES string of the molecule is Cc1ccccc1-n1cc(Cl)cc(CN)c1=O. The molecule has 0 fully saturated rings. The second-order valence-corrected chi connectivity index (χ2v) is 4.29. The number of rotatable bonds is 2. The third-order valence-corrected chi connectivity index (χ3v) is 2.86. The molecule has 0 unspecified atom stereocenters. The van der Waals surface area contributed by atoms with Gasteiger partial charge >= 0.3 is 0 Å². The summed E-state index contributed by atoms with van der Waals surface area (Å²) in [5.41, 5.74) is 7.77. The molecule has 4 heteroatoms. The van der Waals surface area contributed by atoms with Gasteiger partial charge in [-0.25, -0.2) is 0 Å². The number of hydrogen-bond donors (Lipinski definition) is 1. The van der Waals surface area contributed by atoms with Crippen molar-refractivity contribution >= 4 is 11.6 Å². The van der Waals surface area contributed by atoms with E-state index in [1.807, 2.05) is 31.2 Å². The summed E-state index contributed by atoms with van der Waals surface area (Å²) in [6, 6.07) is 9.26. The molecule has 2 rings (SSSR count). The molecule has 0 spiro atoms. The second kappa shape index (κ2) is 4.73. The maximum absolute atomic E-state index is 12.1. The van der Waals surface area contributed by atoms with Crippen LogP contribution in [-0.4, -0.2) is 4.57 Å². The number of benzene rings is 1. The summed E-state index contributed by atoms with van der Waals surface area (Å²) in [7, 11) is 0. The molecule has 2 aromatic rings. The molecular weight excluding hydrogens is 236 g/mol. The Balaban J connectivity index is 2.72. The highest BCUT2D eigenvalue weighted by molar-refractivity contribution is 6.30. The van der Waals surface area contributed by atoms with E-state index in [1.54, 1.807) is 16.8 Å². The summed E-state index contributed by atoms with van der Waals surface area (Å²) >= 11 is 5.99. The maximum Gasteiger partial charge on any atom is 0.259 e. The van der Waals surface area contributed by atoms with E-state index >= 15 is 0 Å². The lowest BCUT2D eigenvalue weighted by molar-refractivity contribution is 0.919. The molecule has 0 bridgehead atoms. The van der Waals surface area contributed by atoms with Gasteiger partial charge in [-0.2, -0.15) is 0 Å². The summed E-state index contributed by atoms with van der Waals surface area (Å²) in [6.07, 6.45) is 1.62. The third kappa shape index (κ3) is 2.25. The van der Waals surface area contributed by atoms with Gasteiger partial charge in [-0.05, 0) is 24.6 Å². The van der Waals surface area contributed by atoms with Crippen LogP contribution in [-0.2, 0) is 6.54 Å². The quantitative estimate of drug-likeness (QED) is 0.886. The Morgan fingerprint density at radius 2 is 2.06 bits per heavy atom. The van der Waals surface area contributed by atoms with Crippen LogP contribution in [0.1, 0.15) is 11.1 Å². The van der Waals surface area contributed by atoms with Gasteiger partial charge in [0.2, 0.25) is 0 Å². The van der Waals surface area contributed by atoms with Crippen LogP contribution in [0.15, 0.2) is 41.3 Å². The van der Waals surface area contributed by atoms with E-state index < -0.39 is 0 Å². The number of aryl methyl sites for hydroxylation is 1. The van der Waals surface area contributed by atoms with Crippen molar-refractivity contribution in [1.29, 1.82) is 0 Å². The van der Waals surface area contributed by atoms with Crippen molar-refractivity contribution in [3.05, 3.63) is 63.0 Å². The average molecular weight is 249 g/mol. The molecule has 1 aromatic carbocycles. The highest BCUT2D eigenvalue weighted by Gasteiger charge is 2.07. The molecule has 88 valence electrons. The van der Waals surface area contributed by atoms with Crippen LogP contribution in [0.25, 0.3) is 5.69 Å². The van der Waals surface area contributed by atoms with Crippen molar-refractivity contribution < 1.29 is 0 Å². The Bertz CT molecular complexity index is 605. The van der Waals surface area contributed by atoms with Crippen LogP contribution in [0.2, 0.25) is 5.02 Å². The Hall–Kier alpha value is -1.58. The second-order valence-electron chi connectivity index (χ2n) is 3.85. The Morgan fingerprint density at radius 1 is 1.35 bits per heavy atom. The first kappa shape index (κ1) is 11.9. The molecule has 0 aliphatic rings. The molecule has 0 saturated heterocycles. The fourth-order valence-electron chi connectivity index (χ4n) is 1.76. The van der Waals surface area contributed by atoms with Crippen LogP contribution < -0.4 is 11.3 Å². The predicted octanol–water partition coefficient (Wildman–Crippen LogP) is 2.26. The van der Waals surface area contributed by atoms with Gasteiger partial charge in [0.15, 0.2) is 0 Å². The number of para-hydroxylation sites is 1. The zero-order chi connectivity index (χ0) is 12.4. The molecule has 0 aliphatic heterocycles. The number of halogens is 1. The lowest BCUT2D eigenvalue weighted by Gasteiger charge is -2.10. The first-order valence-electron chi connectivity index (χ1n) is 5.30. The molecule has 2 N–H and O–H groups in total. The molecule has 3 nitrogen and oxygen atoms in total. The lowest BCUT2D eigenvalue weighted by atomic mass is 10.2. The average Bonchev–Trinajstić information content (AvgIpc) is 2.32. The molecule has 0 amide bonds. The van der Waals surface area contributed by atoms with Gasteiger partial charge in [-0.3, -0.25) is 9.36 Å². The van der Waals surface area contributed by atoms with Gasteiger partial charge < -0.3 is 5.73 Å². The van der Waals surface area contributed by atoms with E-state index in [0.29, 0.717) is 10.6 Å². The van der Waals surface area contributed by atoms with Gasteiger partial charge in [-0.1, -0.05) is 29.8 Å². The molecule has 0 atom stereocenters. The van der Waals surface area contributed by atoms with E-state index in [2.05, 4.69) is 0 Å². The highest BCUT2D eigenvalue weighted by Crippen LogP contribution is 2.15. The number of hydrogen-bond acceptors (Lipinski definition) is 2. The van der Waals surface area contributed by atoms with Gasteiger partial charge in [0.1, 0.15) is 0 Å². The van der Waals surface area contributed by atoms with E-state index in [-0.39, 0.29) is 12.1 Å². The summed E-state index contributed by atoms with van der Waals surface area (Å²) in [5, 5.41) is 0.508. The van der Waals surface area contributed by atoms with Crippen molar-refractivity contribution in [2.24, 2.45) is 5.73 Å². The fourth-order valence-corrected chi connectivity index (χ4v) is 1.99. The minimum atomic E-state index is -0.119. The molecule has 17 heavy (non-hydrogen) atoms. The summed E-state index contributed by atoms with van der Waals surface area (Å²) in [5.74, 6) is 0. The van der Waals surface area contributed by atoms with E-state index in [1.165, 1.54) is 0 Å². The number of aromatic nitrogens is 1. The van der Waals surface area contributed by atoms with E-state index in [0.717, 1.165) is 11.3 Å². The van der Waals surface area contributed by atoms with Crippen LogP contribution in [0, 0.1) is 6.92 Å². The zero-order valence-corrected chi connectivity index (χ0v) is 10.2. The predicted molar refractivity (Wildman–Crippen MR) is 69.7 cm³/mol. The summed E-state index contributed by atoms with van der Waals surface area (Å²) in [6.45, 7) is 2.13. The maximum atomic E-state index is 12.1. The summed E-state index contributed by atoms with van der Waals surface area (Å²) in [4.78, 5) is 12.1. The minimum absolute atomic E-state index is 0.119. The van der Waals surface area contributed by atoms with Crippen molar-refractivity contribution in [2.45, 2.75) is 13.5 Å². The third-order valence-electron chi connectivity index (χ3n) is 2.65. The molecule has 0 saturated carbocycles. The summed E-state index contributed by atoms with van der Waals surface area (Å²) < 4.78 is 1.54. The Morgan fingerprint density at radius 3 is 2.71 bits per heavy atom. The van der Waals surface area contributed by atoms with Crippen molar-refractivity contribution in [2.75, 3.05) is 0 Å². The van der Waals surface area contributed by atoms with Crippen LogP contribution >= 0.6 is 11.6 Å². The molecule has 0 radical (unpaired) electrons. The topological polar surface area (TPSA) is 48.0 Å². The molecule has 0 aliphatic carbocycles. The van der Waals surface area contributed by atoms with Crippen LogP contribution in [0.3, 0.4) is 0 Å². The minimum Gasteiger partial charge on any atom is -0.326 e. The van der Waals surface area contributed by atoms with Crippen LogP contribution in [0.4, 0.5) is 0 Å². The Kier molecular flexibility index (Phi) is 3.31. The normalized spacial score (nSPS) is 10.5. The standard InChI is InChI=1S/C13H13ClN2O/c1-9-4-2-3-5-12(9)16-8-11(14)6-10(7-15)13(16)17/h2-6,8H,7,15H2,1H3. The molecule has 1 aromatic heterocycles. The van der Waals surface area contributed by atoms with E-state index in [9.17, 15) is 4.79 Å². The first-order chi connectivity index (χ1) is 8.13. The van der Waals surface area contributed by atoms with Gasteiger partial charge in [0.25, 0.3) is 5.56 Å². The lowest BCUT2D eigenvalue weighted by Crippen LogP contribution is -2.24. The zero-order valence-electron chi connectivity index (χ0n) is 9.48. The van der Waals surface area contributed by atoms with E-state index in [4.69, 9.17) is 17.3 Å². The number of nitrogens with zero attached hydrogens (tertiary/aromatic N) is 1. The number of nitrogens with two attached hydrogens (primary N) is 1. The smallest absolute Gasteiger partial charge is 0.259 e. The molecular formula is C13H13ClN2O. The van der Waals surface area contributed by atoms with Gasteiger partial charge in [0.05, 0.1) is 10.7 Å². The van der Waals surface area contributed by atoms with Gasteiger partial charge in [-0.15, -0.1) is 0 Å². The van der Waals surface area contributed by atoms with Crippen molar-refractivity contribution in [3.63, 3.8) is 0 Å².